The van der Waals surface area contributed by atoms with Gasteiger partial charge in [-0.2, -0.15) is 0 Å². The Hall–Kier alpha value is 0.932. The van der Waals surface area contributed by atoms with Gasteiger partial charge in [-0.05, 0) is 13.0 Å². The maximum atomic E-state index is 9.56. The third kappa shape index (κ3) is 1.52. The first-order valence-electron chi connectivity index (χ1n) is 4.05. The van der Waals surface area contributed by atoms with Crippen LogP contribution >= 0.6 is 0 Å². The predicted molar refractivity (Wildman–Crippen MR) is 34.4 cm³/mol. The maximum absolute atomic E-state index is 9.56. The van der Waals surface area contributed by atoms with Gasteiger partial charge in [0.1, 0.15) is 5.60 Å². The van der Waals surface area contributed by atoms with Gasteiger partial charge in [0.2, 0.25) is 0 Å². The van der Waals surface area contributed by atoms with Crippen molar-refractivity contribution in [2.45, 2.75) is 24.7 Å². The average molecular weight is 382 g/mol. The number of hydrogen-bond donors (Lipinski definition) is 1. The van der Waals surface area contributed by atoms with Gasteiger partial charge in [-0.3, -0.25) is 6.42 Å². The Morgan fingerprint density at radius 2 is 2.64 bits per heavy atom. The average Bonchev–Trinajstić information content (AvgIpc) is 2.25. The van der Waals surface area contributed by atoms with Gasteiger partial charge in [0.05, 0.1) is 12.7 Å². The van der Waals surface area contributed by atoms with Crippen LogP contribution in [0.3, 0.4) is 0 Å². The molecule has 2 aliphatic rings. The topological polar surface area (TPSA) is 38.7 Å². The van der Waals surface area contributed by atoms with Crippen LogP contribution in [0.1, 0.15) is 8.27 Å². The molecule has 2 aliphatic heterocycles. The molecule has 2 rings (SSSR count). The molecule has 0 saturated carbocycles. The van der Waals surface area contributed by atoms with Gasteiger partial charge < -0.3 is 14.6 Å². The van der Waals surface area contributed by atoms with E-state index >= 15 is 0 Å². The Morgan fingerprint density at radius 1 is 1.82 bits per heavy atom. The molecule has 3 nitrogen and oxygen atoms in total. The molecule has 0 aromatic rings. The second-order valence-electron chi connectivity index (χ2n) is 2.83. The number of aliphatic hydroxyl groups is 1. The standard InChI is InChI=1S/C7H11O3.U/c1-7-4-9-5(6(7)8)2-3-10-7;/h2,5-6,8H,3-4H2,1H3;/q-1;/i1D;. The van der Waals surface area contributed by atoms with E-state index in [1.807, 2.05) is 0 Å². The van der Waals surface area contributed by atoms with Crippen molar-refractivity contribution in [3.63, 3.8) is 0 Å². The van der Waals surface area contributed by atoms with Crippen molar-refractivity contribution in [2.75, 3.05) is 13.2 Å². The Morgan fingerprint density at radius 3 is 3.27 bits per heavy atom. The molecule has 0 amide bonds. The van der Waals surface area contributed by atoms with Gasteiger partial charge >= 0.3 is 0 Å². The third-order valence-corrected chi connectivity index (χ3v) is 2.07. The van der Waals surface area contributed by atoms with Crippen LogP contribution in [0.5, 0.6) is 0 Å². The Kier molecular flexibility index (Phi) is 2.60. The number of aliphatic hydroxyl groups excluding tert-OH is 1. The van der Waals surface area contributed by atoms with E-state index in [0.717, 1.165) is 0 Å². The summed E-state index contributed by atoms with van der Waals surface area (Å²) in [6.07, 6.45) is 0.939. The minimum absolute atomic E-state index is 0. The molecule has 0 spiro atoms. The van der Waals surface area contributed by atoms with E-state index < -0.39 is 11.7 Å². The van der Waals surface area contributed by atoms with E-state index in [4.69, 9.17) is 10.8 Å². The SMILES string of the molecule is [2H]CC12COC([CH-]CO1)C2O.[U]. The number of hydrogen-bond acceptors (Lipinski definition) is 3. The predicted octanol–water partition coefficient (Wildman–Crippen LogP) is -0.261. The van der Waals surface area contributed by atoms with Crippen LogP contribution in [0.25, 0.3) is 0 Å². The zero-order valence-electron chi connectivity index (χ0n) is 7.12. The van der Waals surface area contributed by atoms with E-state index in [1.165, 1.54) is 0 Å². The van der Waals surface area contributed by atoms with E-state index in [2.05, 4.69) is 0 Å². The zero-order valence-corrected chi connectivity index (χ0v) is 10.3. The molecule has 1 N–H and O–H groups in total. The molecule has 62 valence electrons. The monoisotopic (exact) mass is 382 g/mol. The zero-order chi connectivity index (χ0) is 7.90. The Bertz CT molecular complexity index is 165. The molecular weight excluding hydrogens is 370 g/mol. The first-order valence-corrected chi connectivity index (χ1v) is 3.35. The first kappa shape index (κ1) is 8.53. The van der Waals surface area contributed by atoms with Crippen molar-refractivity contribution >= 4 is 0 Å². The molecule has 0 aliphatic carbocycles. The summed E-state index contributed by atoms with van der Waals surface area (Å²) in [5, 5.41) is 9.56. The summed E-state index contributed by atoms with van der Waals surface area (Å²) in [4.78, 5) is 0. The normalized spacial score (nSPS) is 49.7. The van der Waals surface area contributed by atoms with Crippen molar-refractivity contribution < 1.29 is 47.1 Å². The first-order chi connectivity index (χ1) is 5.28. The molecule has 0 aromatic heterocycles. The van der Waals surface area contributed by atoms with Gasteiger partial charge in [-0.15, -0.1) is 0 Å². The molecule has 2 fully saturated rings. The van der Waals surface area contributed by atoms with Crippen LogP contribution in [0.15, 0.2) is 0 Å². The molecule has 2 heterocycles. The number of fused-ring (bicyclic) bond motifs is 2. The summed E-state index contributed by atoms with van der Waals surface area (Å²) in [5.74, 6) is 0. The summed E-state index contributed by atoms with van der Waals surface area (Å²) >= 11 is 0. The van der Waals surface area contributed by atoms with Crippen molar-refractivity contribution in [3.05, 3.63) is 6.42 Å². The molecular formula is C7H11O3U-. The van der Waals surface area contributed by atoms with E-state index in [1.54, 1.807) is 6.42 Å². The Balaban J connectivity index is 0.000000720. The van der Waals surface area contributed by atoms with Crippen molar-refractivity contribution in [2.24, 2.45) is 0 Å². The molecule has 3 unspecified atom stereocenters. The second kappa shape index (κ2) is 3.35. The van der Waals surface area contributed by atoms with Gasteiger partial charge in [-0.1, -0.05) is 6.61 Å². The van der Waals surface area contributed by atoms with E-state index in [0.29, 0.717) is 13.2 Å². The summed E-state index contributed by atoms with van der Waals surface area (Å²) in [7, 11) is 0. The van der Waals surface area contributed by atoms with Gasteiger partial charge in [0, 0.05) is 32.5 Å². The fraction of sp³-hybridized carbons (Fsp3) is 0.857. The van der Waals surface area contributed by atoms with Gasteiger partial charge in [0.25, 0.3) is 0 Å². The van der Waals surface area contributed by atoms with Crippen molar-refractivity contribution in [1.29, 1.82) is 0 Å². The molecule has 11 heavy (non-hydrogen) atoms. The summed E-state index contributed by atoms with van der Waals surface area (Å²) < 4.78 is 17.8. The molecule has 4 heteroatoms. The number of rotatable bonds is 0. The van der Waals surface area contributed by atoms with Crippen LogP contribution in [-0.2, 0) is 9.47 Å². The smallest absolute Gasteiger partial charge is 0.111 e. The van der Waals surface area contributed by atoms with E-state index in [-0.39, 0.29) is 44.1 Å². The summed E-state index contributed by atoms with van der Waals surface area (Å²) in [6, 6.07) is 0. The molecule has 2 bridgehead atoms. The molecule has 0 radical (unpaired) electrons. The molecule has 3 atom stereocenters. The van der Waals surface area contributed by atoms with Crippen LogP contribution in [0, 0.1) is 37.5 Å². The minimum Gasteiger partial charge on any atom is -0.404 e. The molecule has 2 saturated heterocycles. The van der Waals surface area contributed by atoms with Crippen molar-refractivity contribution in [1.82, 2.24) is 0 Å². The third-order valence-electron chi connectivity index (χ3n) is 2.07. The molecule has 0 aromatic carbocycles. The summed E-state index contributed by atoms with van der Waals surface area (Å²) in [5.41, 5.74) is -0.737. The van der Waals surface area contributed by atoms with Gasteiger partial charge in [-0.25, -0.2) is 0 Å². The van der Waals surface area contributed by atoms with Gasteiger partial charge in [0.15, 0.2) is 0 Å². The van der Waals surface area contributed by atoms with Crippen LogP contribution in [0.4, 0.5) is 0 Å². The maximum Gasteiger partial charge on any atom is 0.111 e. The largest absolute Gasteiger partial charge is 0.404 e. The fourth-order valence-electron chi connectivity index (χ4n) is 1.35. The quantitative estimate of drug-likeness (QED) is 0.587. The Labute approximate surface area is 91.2 Å². The fourth-order valence-corrected chi connectivity index (χ4v) is 1.35. The van der Waals surface area contributed by atoms with Crippen LogP contribution in [-0.4, -0.2) is 36.1 Å². The summed E-state index contributed by atoms with van der Waals surface area (Å²) in [6.45, 7) is 0.901. The van der Waals surface area contributed by atoms with Crippen LogP contribution in [0.2, 0.25) is 0 Å². The van der Waals surface area contributed by atoms with Crippen molar-refractivity contribution in [3.8, 4) is 0 Å². The second-order valence-corrected chi connectivity index (χ2v) is 2.83. The number of ether oxygens (including phenoxy) is 2. The van der Waals surface area contributed by atoms with E-state index in [9.17, 15) is 5.11 Å². The minimum atomic E-state index is -0.737. The van der Waals surface area contributed by atoms with Crippen LogP contribution < -0.4 is 0 Å².